The Kier molecular flexibility index (Phi) is 11.9. The zero-order valence-corrected chi connectivity index (χ0v) is 27.1. The standard InChI is InChI=1S/C18H20N2.C17H18N2.2C2H6/c1-14-13-18(17(19)20(14)2,15-9-5-3-6-10-15)16-11-7-4-8-12-16;1-13-12-17(16(18)19-13,14-8-4-2-5-9-14)15-10-6-3-7-11-15;2*1-2/h3-12,14,19H,13H2,1-2H3;2-11,13H,12H2,1H3,(H2,18,19);2*1-2H3/t14-;13-;;/m01../s1. The third-order valence-electron chi connectivity index (χ3n) is 8.48. The molecule has 1 fully saturated rings. The van der Waals surface area contributed by atoms with Gasteiger partial charge >= 0.3 is 0 Å². The molecule has 6 rings (SSSR count). The predicted molar refractivity (Wildman–Crippen MR) is 185 cm³/mol. The van der Waals surface area contributed by atoms with Crippen molar-refractivity contribution in [1.29, 1.82) is 5.41 Å². The number of rotatable bonds is 4. The lowest BCUT2D eigenvalue weighted by Crippen LogP contribution is -2.39. The van der Waals surface area contributed by atoms with Crippen molar-refractivity contribution in [3.05, 3.63) is 144 Å². The average Bonchev–Trinajstić information content (AvgIpc) is 3.52. The van der Waals surface area contributed by atoms with E-state index in [1.54, 1.807) is 0 Å². The molecule has 0 spiro atoms. The van der Waals surface area contributed by atoms with Gasteiger partial charge in [0.25, 0.3) is 0 Å². The maximum absolute atomic E-state index is 8.69. The molecule has 0 unspecified atom stereocenters. The van der Waals surface area contributed by atoms with Crippen molar-refractivity contribution in [3.8, 4) is 0 Å². The molecule has 3 N–H and O–H groups in total. The van der Waals surface area contributed by atoms with Crippen LogP contribution in [-0.4, -0.2) is 35.7 Å². The van der Waals surface area contributed by atoms with Crippen LogP contribution < -0.4 is 5.73 Å². The van der Waals surface area contributed by atoms with Crippen LogP contribution in [0.5, 0.6) is 0 Å². The lowest BCUT2D eigenvalue weighted by atomic mass is 9.71. The minimum atomic E-state index is -0.309. The molecule has 2 aliphatic heterocycles. The van der Waals surface area contributed by atoms with E-state index in [0.29, 0.717) is 11.9 Å². The highest BCUT2D eigenvalue weighted by Crippen LogP contribution is 2.44. The molecule has 0 saturated carbocycles. The van der Waals surface area contributed by atoms with Gasteiger partial charge in [0.05, 0.1) is 16.9 Å². The van der Waals surface area contributed by atoms with Crippen LogP contribution in [0.25, 0.3) is 0 Å². The van der Waals surface area contributed by atoms with Crippen molar-refractivity contribution in [3.63, 3.8) is 0 Å². The maximum atomic E-state index is 8.69. The number of benzene rings is 4. The van der Waals surface area contributed by atoms with Gasteiger partial charge in [0.2, 0.25) is 0 Å². The minimum Gasteiger partial charge on any atom is -0.386 e. The van der Waals surface area contributed by atoms with Crippen LogP contribution in [0.1, 0.15) is 76.6 Å². The number of nitrogens with two attached hydrogens (primary N) is 1. The van der Waals surface area contributed by atoms with Crippen molar-refractivity contribution < 1.29 is 0 Å². The Balaban J connectivity index is 0.000000212. The predicted octanol–water partition coefficient (Wildman–Crippen LogP) is 8.85. The molecule has 0 aromatic heterocycles. The van der Waals surface area contributed by atoms with Crippen LogP contribution >= 0.6 is 0 Å². The number of likely N-dealkylation sites (tertiary alicyclic amines) is 1. The van der Waals surface area contributed by atoms with Crippen LogP contribution in [0.2, 0.25) is 0 Å². The summed E-state index contributed by atoms with van der Waals surface area (Å²) in [6, 6.07) is 42.5. The van der Waals surface area contributed by atoms with Gasteiger partial charge in [-0.2, -0.15) is 0 Å². The summed E-state index contributed by atoms with van der Waals surface area (Å²) in [6.45, 7) is 12.3. The number of amidine groups is 2. The van der Waals surface area contributed by atoms with E-state index in [-0.39, 0.29) is 16.9 Å². The lowest BCUT2D eigenvalue weighted by molar-refractivity contribution is 0.415. The molecule has 0 aliphatic carbocycles. The highest BCUT2D eigenvalue weighted by molar-refractivity contribution is 5.97. The van der Waals surface area contributed by atoms with Crippen LogP contribution in [0.3, 0.4) is 0 Å². The second-order valence-electron chi connectivity index (χ2n) is 10.9. The van der Waals surface area contributed by atoms with Gasteiger partial charge in [0, 0.05) is 13.1 Å². The number of nitrogens with zero attached hydrogens (tertiary/aromatic N) is 2. The SMILES string of the molecule is CC.CC.C[C@@H]1CC(c2ccccc2)(c2ccccc2)C(N)=N1.C[C@H]1CC(c2ccccc2)(c2ccccc2)C(=N)N1C. The normalized spacial score (nSPS) is 19.5. The lowest BCUT2D eigenvalue weighted by Gasteiger charge is -2.30. The largest absolute Gasteiger partial charge is 0.386 e. The summed E-state index contributed by atoms with van der Waals surface area (Å²) in [6.07, 6.45) is 1.89. The third kappa shape index (κ3) is 6.59. The van der Waals surface area contributed by atoms with E-state index < -0.39 is 0 Å². The van der Waals surface area contributed by atoms with E-state index in [0.717, 1.165) is 18.7 Å². The van der Waals surface area contributed by atoms with E-state index in [9.17, 15) is 0 Å². The molecule has 2 heterocycles. The zero-order chi connectivity index (χ0) is 31.5. The highest BCUT2D eigenvalue weighted by Gasteiger charge is 2.48. The Morgan fingerprint density at radius 2 is 0.930 bits per heavy atom. The first-order chi connectivity index (χ1) is 20.9. The number of hydrogen-bond donors (Lipinski definition) is 2. The molecule has 0 radical (unpaired) electrons. The molecule has 4 heteroatoms. The van der Waals surface area contributed by atoms with Gasteiger partial charge in [-0.05, 0) is 48.9 Å². The van der Waals surface area contributed by atoms with Crippen molar-refractivity contribution in [2.24, 2.45) is 10.7 Å². The zero-order valence-electron chi connectivity index (χ0n) is 27.1. The first-order valence-corrected chi connectivity index (χ1v) is 15.8. The fourth-order valence-electron chi connectivity index (χ4n) is 6.40. The topological polar surface area (TPSA) is 65.5 Å². The van der Waals surface area contributed by atoms with Crippen LogP contribution in [0, 0.1) is 5.41 Å². The monoisotopic (exact) mass is 574 g/mol. The number of hydrogen-bond acceptors (Lipinski definition) is 3. The fourth-order valence-corrected chi connectivity index (χ4v) is 6.40. The number of aliphatic imine (C=N–C) groups is 1. The summed E-state index contributed by atoms with van der Waals surface area (Å²) in [5.74, 6) is 1.43. The number of nitrogens with one attached hydrogen (secondary N) is 1. The molecule has 2 aliphatic rings. The van der Waals surface area contributed by atoms with Gasteiger partial charge in [0.15, 0.2) is 0 Å². The Hall–Kier alpha value is -4.18. The summed E-state index contributed by atoms with van der Waals surface area (Å²) in [7, 11) is 2.03. The first kappa shape index (κ1) is 33.3. The van der Waals surface area contributed by atoms with Gasteiger partial charge in [-0.1, -0.05) is 149 Å². The smallest absolute Gasteiger partial charge is 0.111 e. The molecule has 2 atom stereocenters. The van der Waals surface area contributed by atoms with Crippen LogP contribution in [-0.2, 0) is 10.8 Å². The fraction of sp³-hybridized carbons (Fsp3) is 0.333. The second-order valence-corrected chi connectivity index (χ2v) is 10.9. The Labute approximate surface area is 260 Å². The van der Waals surface area contributed by atoms with Crippen LogP contribution in [0.4, 0.5) is 0 Å². The Morgan fingerprint density at radius 3 is 1.19 bits per heavy atom. The van der Waals surface area contributed by atoms with Gasteiger partial charge in [-0.25, -0.2) is 0 Å². The minimum absolute atomic E-state index is 0.262. The number of likely N-dealkylation sites (N-methyl/N-ethyl adjacent to an activating group) is 1. The molecule has 226 valence electrons. The first-order valence-electron chi connectivity index (χ1n) is 15.8. The molecule has 4 nitrogen and oxygen atoms in total. The summed E-state index contributed by atoms with van der Waals surface area (Å²) in [5.41, 5.74) is 10.6. The quantitative estimate of drug-likeness (QED) is 0.256. The molecular formula is C39H50N4. The summed E-state index contributed by atoms with van der Waals surface area (Å²) in [4.78, 5) is 6.69. The molecule has 0 amide bonds. The van der Waals surface area contributed by atoms with E-state index in [1.165, 1.54) is 22.3 Å². The van der Waals surface area contributed by atoms with Gasteiger partial charge in [-0.3, -0.25) is 10.4 Å². The average molecular weight is 575 g/mol. The van der Waals surface area contributed by atoms with Crippen molar-refractivity contribution in [2.75, 3.05) is 7.05 Å². The van der Waals surface area contributed by atoms with Crippen molar-refractivity contribution in [1.82, 2.24) is 4.90 Å². The van der Waals surface area contributed by atoms with E-state index in [1.807, 2.05) is 59.0 Å². The van der Waals surface area contributed by atoms with Crippen molar-refractivity contribution in [2.45, 2.75) is 77.3 Å². The summed E-state index contributed by atoms with van der Waals surface area (Å²) in [5, 5.41) is 8.69. The Morgan fingerprint density at radius 1 is 0.605 bits per heavy atom. The molecule has 1 saturated heterocycles. The van der Waals surface area contributed by atoms with Crippen molar-refractivity contribution >= 4 is 11.7 Å². The van der Waals surface area contributed by atoms with Gasteiger partial charge in [0.1, 0.15) is 11.7 Å². The molecule has 0 bridgehead atoms. The second kappa shape index (κ2) is 15.3. The molecule has 4 aromatic carbocycles. The van der Waals surface area contributed by atoms with Gasteiger partial charge in [-0.15, -0.1) is 0 Å². The molecular weight excluding hydrogens is 524 g/mol. The summed E-state index contributed by atoms with van der Waals surface area (Å²) < 4.78 is 0. The van der Waals surface area contributed by atoms with E-state index >= 15 is 0 Å². The maximum Gasteiger partial charge on any atom is 0.111 e. The van der Waals surface area contributed by atoms with Gasteiger partial charge < -0.3 is 10.6 Å². The summed E-state index contributed by atoms with van der Waals surface area (Å²) >= 11 is 0. The van der Waals surface area contributed by atoms with E-state index in [4.69, 9.17) is 11.1 Å². The highest BCUT2D eigenvalue weighted by atomic mass is 15.2. The third-order valence-corrected chi connectivity index (χ3v) is 8.48. The Bertz CT molecular complexity index is 1340. The molecule has 4 aromatic rings. The van der Waals surface area contributed by atoms with Crippen LogP contribution in [0.15, 0.2) is 126 Å². The van der Waals surface area contributed by atoms with E-state index in [2.05, 4.69) is 121 Å². The molecule has 43 heavy (non-hydrogen) atoms.